The Kier molecular flexibility index (Phi) is 3.60. The zero-order chi connectivity index (χ0) is 13.1. The molecule has 0 fully saturated rings. The smallest absolute Gasteiger partial charge is 0.129 e. The Hall–Kier alpha value is -1.90. The largest absolute Gasteiger partial charge is 0.370 e. The van der Waals surface area contributed by atoms with Gasteiger partial charge in [-0.3, -0.25) is 0 Å². The maximum Gasteiger partial charge on any atom is 0.129 e. The van der Waals surface area contributed by atoms with E-state index in [1.54, 1.807) is 6.33 Å². The zero-order valence-corrected chi connectivity index (χ0v) is 11.4. The lowest BCUT2D eigenvalue weighted by Crippen LogP contribution is -2.01. The highest BCUT2D eigenvalue weighted by Crippen LogP contribution is 2.27. The zero-order valence-electron chi connectivity index (χ0n) is 11.4. The van der Waals surface area contributed by atoms with Gasteiger partial charge in [0.1, 0.15) is 12.1 Å². The summed E-state index contributed by atoms with van der Waals surface area (Å²) in [6.07, 6.45) is 1.62. The maximum absolute atomic E-state index is 4.39. The van der Waals surface area contributed by atoms with Crippen LogP contribution in [0.4, 0.5) is 5.82 Å². The van der Waals surface area contributed by atoms with Crippen molar-refractivity contribution in [3.63, 3.8) is 0 Å². The molecule has 1 N–H and O–H groups in total. The van der Waals surface area contributed by atoms with Gasteiger partial charge in [-0.25, -0.2) is 9.97 Å². The van der Waals surface area contributed by atoms with Gasteiger partial charge in [-0.2, -0.15) is 0 Å². The molecule has 0 amide bonds. The van der Waals surface area contributed by atoms with Gasteiger partial charge in [0.25, 0.3) is 0 Å². The minimum Gasteiger partial charge on any atom is -0.370 e. The fraction of sp³-hybridized carbons (Fsp3) is 0.333. The number of aryl methyl sites for hydroxylation is 3. The lowest BCUT2D eigenvalue weighted by Gasteiger charge is -2.11. The topological polar surface area (TPSA) is 37.8 Å². The van der Waals surface area contributed by atoms with E-state index < -0.39 is 0 Å². The Morgan fingerprint density at radius 2 is 1.67 bits per heavy atom. The summed E-state index contributed by atoms with van der Waals surface area (Å²) in [4.78, 5) is 8.60. The minimum absolute atomic E-state index is 0.863. The Balaban J connectivity index is 2.51. The van der Waals surface area contributed by atoms with Crippen LogP contribution in [0.2, 0.25) is 0 Å². The van der Waals surface area contributed by atoms with Crippen molar-refractivity contribution in [2.75, 3.05) is 11.9 Å². The SMILES string of the molecule is CCNc1cc(-c2c(C)cc(C)cc2C)ncn1. The van der Waals surface area contributed by atoms with Gasteiger partial charge in [0.05, 0.1) is 5.69 Å². The summed E-state index contributed by atoms with van der Waals surface area (Å²) < 4.78 is 0. The standard InChI is InChI=1S/C15H19N3/c1-5-16-14-8-13(17-9-18-14)15-11(3)6-10(2)7-12(15)4/h6-9H,5H2,1-4H3,(H,16,17,18). The van der Waals surface area contributed by atoms with Crippen molar-refractivity contribution < 1.29 is 0 Å². The lowest BCUT2D eigenvalue weighted by atomic mass is 9.97. The summed E-state index contributed by atoms with van der Waals surface area (Å²) in [5, 5.41) is 3.22. The van der Waals surface area contributed by atoms with E-state index in [4.69, 9.17) is 0 Å². The number of hydrogen-bond acceptors (Lipinski definition) is 3. The van der Waals surface area contributed by atoms with Gasteiger partial charge in [0.2, 0.25) is 0 Å². The monoisotopic (exact) mass is 241 g/mol. The molecule has 1 heterocycles. The number of aromatic nitrogens is 2. The second-order valence-corrected chi connectivity index (χ2v) is 4.59. The molecule has 0 unspecified atom stereocenters. The number of nitrogens with one attached hydrogen (secondary N) is 1. The third kappa shape index (κ3) is 2.50. The first-order valence-electron chi connectivity index (χ1n) is 6.26. The Labute approximate surface area is 108 Å². The highest BCUT2D eigenvalue weighted by Gasteiger charge is 2.08. The Bertz CT molecular complexity index is 538. The molecule has 1 aromatic heterocycles. The van der Waals surface area contributed by atoms with Crippen LogP contribution in [0, 0.1) is 20.8 Å². The van der Waals surface area contributed by atoms with Crippen molar-refractivity contribution in [2.24, 2.45) is 0 Å². The van der Waals surface area contributed by atoms with E-state index in [0.717, 1.165) is 18.1 Å². The Morgan fingerprint density at radius 3 is 2.28 bits per heavy atom. The lowest BCUT2D eigenvalue weighted by molar-refractivity contribution is 1.11. The molecule has 0 atom stereocenters. The highest BCUT2D eigenvalue weighted by molar-refractivity contribution is 5.69. The predicted octanol–water partition coefficient (Wildman–Crippen LogP) is 3.50. The van der Waals surface area contributed by atoms with Crippen LogP contribution < -0.4 is 5.32 Å². The van der Waals surface area contributed by atoms with E-state index in [0.29, 0.717) is 0 Å². The van der Waals surface area contributed by atoms with Gasteiger partial charge >= 0.3 is 0 Å². The normalized spacial score (nSPS) is 10.4. The molecule has 3 nitrogen and oxygen atoms in total. The van der Waals surface area contributed by atoms with Crippen molar-refractivity contribution in [1.82, 2.24) is 9.97 Å². The quantitative estimate of drug-likeness (QED) is 0.893. The summed E-state index contributed by atoms with van der Waals surface area (Å²) in [7, 11) is 0. The van der Waals surface area contributed by atoms with Crippen molar-refractivity contribution in [3.8, 4) is 11.3 Å². The molecule has 0 aliphatic rings. The predicted molar refractivity (Wildman–Crippen MR) is 75.8 cm³/mol. The molecule has 0 aliphatic carbocycles. The molecule has 2 aromatic rings. The summed E-state index contributed by atoms with van der Waals surface area (Å²) in [5.74, 6) is 0.877. The van der Waals surface area contributed by atoms with Gasteiger partial charge in [-0.1, -0.05) is 17.7 Å². The molecule has 0 saturated carbocycles. The second kappa shape index (κ2) is 5.17. The second-order valence-electron chi connectivity index (χ2n) is 4.59. The molecule has 0 spiro atoms. The summed E-state index contributed by atoms with van der Waals surface area (Å²) in [6, 6.07) is 6.39. The number of anilines is 1. The van der Waals surface area contributed by atoms with E-state index in [1.807, 2.05) is 6.07 Å². The first-order chi connectivity index (χ1) is 8.61. The Morgan fingerprint density at radius 1 is 1.00 bits per heavy atom. The van der Waals surface area contributed by atoms with Crippen molar-refractivity contribution in [1.29, 1.82) is 0 Å². The van der Waals surface area contributed by atoms with Crippen LogP contribution in [-0.2, 0) is 0 Å². The van der Waals surface area contributed by atoms with E-state index >= 15 is 0 Å². The van der Waals surface area contributed by atoms with E-state index in [1.165, 1.54) is 22.3 Å². The van der Waals surface area contributed by atoms with Crippen LogP contribution in [0.3, 0.4) is 0 Å². The van der Waals surface area contributed by atoms with Crippen LogP contribution in [0.15, 0.2) is 24.5 Å². The number of hydrogen-bond donors (Lipinski definition) is 1. The fourth-order valence-electron chi connectivity index (χ4n) is 2.36. The van der Waals surface area contributed by atoms with E-state index in [9.17, 15) is 0 Å². The molecule has 0 saturated heterocycles. The van der Waals surface area contributed by atoms with Crippen molar-refractivity contribution in [3.05, 3.63) is 41.2 Å². The first-order valence-corrected chi connectivity index (χ1v) is 6.26. The van der Waals surface area contributed by atoms with Gasteiger partial charge < -0.3 is 5.32 Å². The molecule has 0 radical (unpaired) electrons. The van der Waals surface area contributed by atoms with Crippen molar-refractivity contribution in [2.45, 2.75) is 27.7 Å². The molecule has 3 heteroatoms. The van der Waals surface area contributed by atoms with Gasteiger partial charge in [0.15, 0.2) is 0 Å². The van der Waals surface area contributed by atoms with Crippen LogP contribution >= 0.6 is 0 Å². The third-order valence-electron chi connectivity index (χ3n) is 2.96. The molecule has 94 valence electrons. The summed E-state index contributed by atoms with van der Waals surface area (Å²) >= 11 is 0. The molecule has 0 bridgehead atoms. The van der Waals surface area contributed by atoms with Gasteiger partial charge in [0, 0.05) is 18.2 Å². The number of benzene rings is 1. The van der Waals surface area contributed by atoms with E-state index in [-0.39, 0.29) is 0 Å². The third-order valence-corrected chi connectivity index (χ3v) is 2.96. The van der Waals surface area contributed by atoms with Gasteiger partial charge in [-0.05, 0) is 38.8 Å². The van der Waals surface area contributed by atoms with Crippen LogP contribution in [0.5, 0.6) is 0 Å². The maximum atomic E-state index is 4.39. The molecule has 2 rings (SSSR count). The van der Waals surface area contributed by atoms with Crippen molar-refractivity contribution >= 4 is 5.82 Å². The number of rotatable bonds is 3. The summed E-state index contributed by atoms with van der Waals surface area (Å²) in [6.45, 7) is 9.30. The molecule has 1 aromatic carbocycles. The van der Waals surface area contributed by atoms with Crippen LogP contribution in [0.1, 0.15) is 23.6 Å². The minimum atomic E-state index is 0.863. The number of nitrogens with zero attached hydrogens (tertiary/aromatic N) is 2. The fourth-order valence-corrected chi connectivity index (χ4v) is 2.36. The average Bonchev–Trinajstić information content (AvgIpc) is 2.28. The first kappa shape index (κ1) is 12.6. The molecule has 18 heavy (non-hydrogen) atoms. The van der Waals surface area contributed by atoms with Crippen LogP contribution in [0.25, 0.3) is 11.3 Å². The van der Waals surface area contributed by atoms with Gasteiger partial charge in [-0.15, -0.1) is 0 Å². The molecule has 0 aliphatic heterocycles. The van der Waals surface area contributed by atoms with Crippen LogP contribution in [-0.4, -0.2) is 16.5 Å². The molecular formula is C15H19N3. The van der Waals surface area contributed by atoms with E-state index in [2.05, 4.69) is 55.1 Å². The average molecular weight is 241 g/mol. The highest BCUT2D eigenvalue weighted by atomic mass is 15.0. The molecular weight excluding hydrogens is 222 g/mol. The summed E-state index contributed by atoms with van der Waals surface area (Å²) in [5.41, 5.74) is 6.00.